The monoisotopic (exact) mass is 307 g/mol. The summed E-state index contributed by atoms with van der Waals surface area (Å²) in [7, 11) is 1.32. The molecule has 0 saturated carbocycles. The molecule has 7 heteroatoms. The van der Waals surface area contributed by atoms with Crippen molar-refractivity contribution in [1.82, 2.24) is 0 Å². The summed E-state index contributed by atoms with van der Waals surface area (Å²) in [6, 6.07) is 2.90. The van der Waals surface area contributed by atoms with Gasteiger partial charge in [-0.05, 0) is 18.6 Å². The van der Waals surface area contributed by atoms with Crippen molar-refractivity contribution in [2.24, 2.45) is 5.73 Å². The van der Waals surface area contributed by atoms with Crippen LogP contribution in [0.2, 0.25) is 0 Å². The van der Waals surface area contributed by atoms with Crippen LogP contribution in [0.3, 0.4) is 0 Å². The molecule has 0 spiro atoms. The van der Waals surface area contributed by atoms with Gasteiger partial charge in [-0.3, -0.25) is 0 Å². The molecule has 1 aromatic carbocycles. The van der Waals surface area contributed by atoms with Crippen LogP contribution >= 0.6 is 0 Å². The highest BCUT2D eigenvalue weighted by molar-refractivity contribution is 5.42. The van der Waals surface area contributed by atoms with Gasteiger partial charge in [0.05, 0.1) is 19.3 Å². The fourth-order valence-corrected chi connectivity index (χ4v) is 1.96. The Hall–Kier alpha value is -1.47. The highest BCUT2D eigenvalue weighted by Crippen LogP contribution is 2.33. The molecule has 0 amide bonds. The number of hydrogen-bond donors (Lipinski definition) is 2. The lowest BCUT2D eigenvalue weighted by atomic mass is 9.97. The number of methoxy groups -OCH3 is 1. The molecule has 0 heterocycles. The Morgan fingerprint density at radius 2 is 2.00 bits per heavy atom. The summed E-state index contributed by atoms with van der Waals surface area (Å²) >= 11 is 0. The molecule has 1 rings (SSSR count). The van der Waals surface area contributed by atoms with Gasteiger partial charge in [0.15, 0.2) is 0 Å². The first-order chi connectivity index (χ1) is 9.78. The first kappa shape index (κ1) is 17.6. The first-order valence-electron chi connectivity index (χ1n) is 6.65. The number of hydrogen-bond acceptors (Lipinski definition) is 4. The van der Waals surface area contributed by atoms with Crippen molar-refractivity contribution in [1.29, 1.82) is 0 Å². The van der Waals surface area contributed by atoms with E-state index in [2.05, 4.69) is 4.74 Å². The molecule has 3 N–H and O–H groups in total. The third kappa shape index (κ3) is 5.43. The maximum atomic E-state index is 12.2. The topological polar surface area (TPSA) is 64.7 Å². The Labute approximate surface area is 121 Å². The summed E-state index contributed by atoms with van der Waals surface area (Å²) in [4.78, 5) is 0. The van der Waals surface area contributed by atoms with Crippen LogP contribution in [0.5, 0.6) is 11.5 Å². The van der Waals surface area contributed by atoms with E-state index in [1.807, 2.05) is 6.92 Å². The van der Waals surface area contributed by atoms with Crippen LogP contribution < -0.4 is 15.2 Å². The van der Waals surface area contributed by atoms with Gasteiger partial charge in [0, 0.05) is 11.6 Å². The predicted molar refractivity (Wildman–Crippen MR) is 72.1 cm³/mol. The first-order valence-corrected chi connectivity index (χ1v) is 6.65. The molecule has 0 saturated heterocycles. The highest BCUT2D eigenvalue weighted by atomic mass is 19.4. The summed E-state index contributed by atoms with van der Waals surface area (Å²) < 4.78 is 45.4. The third-order valence-electron chi connectivity index (χ3n) is 3.07. The lowest BCUT2D eigenvalue weighted by Gasteiger charge is -2.21. The number of nitrogens with two attached hydrogens (primary N) is 1. The third-order valence-corrected chi connectivity index (χ3v) is 3.07. The van der Waals surface area contributed by atoms with E-state index in [0.29, 0.717) is 12.0 Å². The van der Waals surface area contributed by atoms with Gasteiger partial charge in [0.1, 0.15) is 11.5 Å². The number of rotatable bonds is 7. The van der Waals surface area contributed by atoms with E-state index in [4.69, 9.17) is 10.5 Å². The van der Waals surface area contributed by atoms with Crippen molar-refractivity contribution in [3.63, 3.8) is 0 Å². The Morgan fingerprint density at radius 1 is 1.33 bits per heavy atom. The van der Waals surface area contributed by atoms with Crippen LogP contribution in [0.1, 0.15) is 37.8 Å². The van der Waals surface area contributed by atoms with E-state index < -0.39 is 24.3 Å². The van der Waals surface area contributed by atoms with Gasteiger partial charge in [-0.2, -0.15) is 0 Å². The van der Waals surface area contributed by atoms with E-state index in [9.17, 15) is 18.3 Å². The fraction of sp³-hybridized carbons (Fsp3) is 0.571. The maximum Gasteiger partial charge on any atom is 0.573 e. The van der Waals surface area contributed by atoms with Gasteiger partial charge < -0.3 is 20.3 Å². The zero-order valence-corrected chi connectivity index (χ0v) is 12.0. The van der Waals surface area contributed by atoms with Crippen LogP contribution in [0.4, 0.5) is 13.2 Å². The minimum Gasteiger partial charge on any atom is -0.496 e. The average Bonchev–Trinajstić information content (AvgIpc) is 2.42. The molecule has 4 nitrogen and oxygen atoms in total. The SMILES string of the molecule is CCCC[C@H](O)[C@H](N)c1ccc(OC(F)(F)F)cc1OC. The number of ether oxygens (including phenoxy) is 2. The maximum absolute atomic E-state index is 12.2. The van der Waals surface area contributed by atoms with Gasteiger partial charge in [-0.15, -0.1) is 13.2 Å². The lowest BCUT2D eigenvalue weighted by molar-refractivity contribution is -0.274. The second kappa shape index (κ2) is 7.51. The van der Waals surface area contributed by atoms with E-state index in [-0.39, 0.29) is 5.75 Å². The van der Waals surface area contributed by atoms with Crippen molar-refractivity contribution in [3.8, 4) is 11.5 Å². The molecule has 0 radical (unpaired) electrons. The number of benzene rings is 1. The second-order valence-corrected chi connectivity index (χ2v) is 4.69. The molecule has 0 aromatic heterocycles. The zero-order valence-electron chi connectivity index (χ0n) is 12.0. The van der Waals surface area contributed by atoms with Crippen molar-refractivity contribution < 1.29 is 27.8 Å². The quantitative estimate of drug-likeness (QED) is 0.812. The van der Waals surface area contributed by atoms with Crippen LogP contribution in [0.25, 0.3) is 0 Å². The van der Waals surface area contributed by atoms with Crippen LogP contribution in [0, 0.1) is 0 Å². The summed E-state index contributed by atoms with van der Waals surface area (Å²) in [5, 5.41) is 9.99. The Kier molecular flexibility index (Phi) is 6.29. The molecule has 0 aliphatic rings. The van der Waals surface area contributed by atoms with Crippen molar-refractivity contribution in [3.05, 3.63) is 23.8 Å². The zero-order chi connectivity index (χ0) is 16.0. The predicted octanol–water partition coefficient (Wildman–Crippen LogP) is 3.14. The van der Waals surface area contributed by atoms with Crippen LogP contribution in [-0.2, 0) is 0 Å². The van der Waals surface area contributed by atoms with Crippen LogP contribution in [0.15, 0.2) is 18.2 Å². The summed E-state index contributed by atoms with van der Waals surface area (Å²) in [5.74, 6) is -0.238. The number of aliphatic hydroxyl groups excluding tert-OH is 1. The average molecular weight is 307 g/mol. The van der Waals surface area contributed by atoms with Gasteiger partial charge in [-0.1, -0.05) is 19.8 Å². The molecule has 0 unspecified atom stereocenters. The molecule has 2 atom stereocenters. The van der Waals surface area contributed by atoms with E-state index in [0.717, 1.165) is 25.0 Å². The van der Waals surface area contributed by atoms with Crippen LogP contribution in [-0.4, -0.2) is 24.7 Å². The number of halogens is 3. The highest BCUT2D eigenvalue weighted by Gasteiger charge is 2.31. The minimum atomic E-state index is -4.77. The van der Waals surface area contributed by atoms with Gasteiger partial charge in [-0.25, -0.2) is 0 Å². The molecular weight excluding hydrogens is 287 g/mol. The minimum absolute atomic E-state index is 0.153. The standard InChI is InChI=1S/C14H20F3NO3/c1-3-4-5-11(19)13(18)10-7-6-9(8-12(10)20-2)21-14(15,16)17/h6-8,11,13,19H,3-5,18H2,1-2H3/t11-,13+/m0/s1. The molecule has 0 aliphatic carbocycles. The molecule has 0 fully saturated rings. The van der Waals surface area contributed by atoms with Gasteiger partial charge >= 0.3 is 6.36 Å². The van der Waals surface area contributed by atoms with E-state index in [1.54, 1.807) is 0 Å². The Morgan fingerprint density at radius 3 is 2.52 bits per heavy atom. The largest absolute Gasteiger partial charge is 0.573 e. The molecular formula is C14H20F3NO3. The normalized spacial score (nSPS) is 14.6. The number of unbranched alkanes of at least 4 members (excludes halogenated alkanes) is 1. The Bertz CT molecular complexity index is 452. The molecule has 0 aliphatic heterocycles. The Balaban J connectivity index is 2.92. The van der Waals surface area contributed by atoms with E-state index >= 15 is 0 Å². The lowest BCUT2D eigenvalue weighted by Crippen LogP contribution is -2.26. The molecule has 1 aromatic rings. The molecule has 120 valence electrons. The van der Waals surface area contributed by atoms with Crippen molar-refractivity contribution in [2.45, 2.75) is 44.7 Å². The van der Waals surface area contributed by atoms with Crippen molar-refractivity contribution in [2.75, 3.05) is 7.11 Å². The smallest absolute Gasteiger partial charge is 0.496 e. The fourth-order valence-electron chi connectivity index (χ4n) is 1.96. The summed E-state index contributed by atoms with van der Waals surface area (Å²) in [6.07, 6.45) is -3.31. The number of aliphatic hydroxyl groups is 1. The molecule has 21 heavy (non-hydrogen) atoms. The second-order valence-electron chi connectivity index (χ2n) is 4.69. The van der Waals surface area contributed by atoms with Gasteiger partial charge in [0.2, 0.25) is 0 Å². The van der Waals surface area contributed by atoms with Gasteiger partial charge in [0.25, 0.3) is 0 Å². The number of alkyl halides is 3. The van der Waals surface area contributed by atoms with E-state index in [1.165, 1.54) is 13.2 Å². The summed E-state index contributed by atoms with van der Waals surface area (Å²) in [6.45, 7) is 1.99. The molecule has 0 bridgehead atoms. The van der Waals surface area contributed by atoms with Crippen molar-refractivity contribution >= 4 is 0 Å². The summed E-state index contributed by atoms with van der Waals surface area (Å²) in [5.41, 5.74) is 6.38.